The van der Waals surface area contributed by atoms with Gasteiger partial charge in [0.1, 0.15) is 0 Å². The van der Waals surface area contributed by atoms with Crippen molar-refractivity contribution in [2.45, 2.75) is 39.3 Å². The first-order chi connectivity index (χ1) is 9.61. The van der Waals surface area contributed by atoms with Gasteiger partial charge in [0.2, 0.25) is 0 Å². The zero-order valence-corrected chi connectivity index (χ0v) is 12.6. The Morgan fingerprint density at radius 1 is 1.45 bits per heavy atom. The Bertz CT molecular complexity index is 460. The Morgan fingerprint density at radius 2 is 2.20 bits per heavy atom. The Hall–Kier alpha value is -1.55. The summed E-state index contributed by atoms with van der Waals surface area (Å²) in [7, 11) is 0. The van der Waals surface area contributed by atoms with Crippen LogP contribution in [0.15, 0.2) is 24.3 Å². The summed E-state index contributed by atoms with van der Waals surface area (Å²) in [6.07, 6.45) is 1.10. The SMILES string of the molecule is CCC1CN(C(=O)c2ccccc2NC(C)C)CCO1. The monoisotopic (exact) mass is 276 g/mol. The third-order valence-corrected chi connectivity index (χ3v) is 3.48. The number of carbonyl (C=O) groups is 1. The lowest BCUT2D eigenvalue weighted by molar-refractivity contribution is -0.0225. The standard InChI is InChI=1S/C16H24N2O2/c1-4-13-11-18(9-10-20-13)16(19)14-7-5-6-8-15(14)17-12(2)3/h5-8,12-13,17H,4,9-11H2,1-3H3. The van der Waals surface area contributed by atoms with Gasteiger partial charge >= 0.3 is 0 Å². The molecule has 2 rings (SSSR count). The largest absolute Gasteiger partial charge is 0.382 e. The van der Waals surface area contributed by atoms with E-state index in [-0.39, 0.29) is 12.0 Å². The van der Waals surface area contributed by atoms with E-state index in [9.17, 15) is 4.79 Å². The molecule has 1 N–H and O–H groups in total. The Balaban J connectivity index is 2.16. The van der Waals surface area contributed by atoms with Gasteiger partial charge in [-0.05, 0) is 32.4 Å². The van der Waals surface area contributed by atoms with E-state index in [4.69, 9.17) is 4.74 Å². The molecule has 4 heteroatoms. The van der Waals surface area contributed by atoms with Crippen LogP contribution in [-0.4, -0.2) is 42.6 Å². The van der Waals surface area contributed by atoms with Crippen molar-refractivity contribution in [2.24, 2.45) is 0 Å². The molecule has 1 saturated heterocycles. The highest BCUT2D eigenvalue weighted by Crippen LogP contribution is 2.20. The molecule has 0 aliphatic carbocycles. The van der Waals surface area contributed by atoms with Gasteiger partial charge < -0.3 is 15.0 Å². The number of benzene rings is 1. The smallest absolute Gasteiger partial charge is 0.256 e. The highest BCUT2D eigenvalue weighted by molar-refractivity contribution is 5.99. The van der Waals surface area contributed by atoms with Gasteiger partial charge in [-0.3, -0.25) is 4.79 Å². The van der Waals surface area contributed by atoms with E-state index < -0.39 is 0 Å². The van der Waals surface area contributed by atoms with Crippen molar-refractivity contribution in [3.05, 3.63) is 29.8 Å². The summed E-state index contributed by atoms with van der Waals surface area (Å²) in [5.41, 5.74) is 1.66. The van der Waals surface area contributed by atoms with Gasteiger partial charge in [0, 0.05) is 24.8 Å². The van der Waals surface area contributed by atoms with Crippen molar-refractivity contribution in [1.82, 2.24) is 4.90 Å². The quantitative estimate of drug-likeness (QED) is 0.919. The zero-order chi connectivity index (χ0) is 14.5. The minimum atomic E-state index is 0.0931. The molecular weight excluding hydrogens is 252 g/mol. The molecule has 1 heterocycles. The fraction of sp³-hybridized carbons (Fsp3) is 0.562. The van der Waals surface area contributed by atoms with E-state index in [0.29, 0.717) is 25.7 Å². The Morgan fingerprint density at radius 3 is 2.90 bits per heavy atom. The number of para-hydroxylation sites is 1. The van der Waals surface area contributed by atoms with Gasteiger partial charge in [0.15, 0.2) is 0 Å². The number of ether oxygens (including phenoxy) is 1. The molecule has 1 fully saturated rings. The summed E-state index contributed by atoms with van der Waals surface area (Å²) in [5.74, 6) is 0.0931. The summed E-state index contributed by atoms with van der Waals surface area (Å²) < 4.78 is 5.63. The second-order valence-electron chi connectivity index (χ2n) is 5.50. The van der Waals surface area contributed by atoms with Crippen LogP contribution in [0.1, 0.15) is 37.6 Å². The van der Waals surface area contributed by atoms with Crippen molar-refractivity contribution >= 4 is 11.6 Å². The molecule has 1 aliphatic rings. The van der Waals surface area contributed by atoms with Crippen LogP contribution in [0.4, 0.5) is 5.69 Å². The first-order valence-electron chi connectivity index (χ1n) is 7.38. The molecule has 1 unspecified atom stereocenters. The highest BCUT2D eigenvalue weighted by Gasteiger charge is 2.25. The maximum Gasteiger partial charge on any atom is 0.256 e. The second kappa shape index (κ2) is 6.75. The van der Waals surface area contributed by atoms with Crippen LogP contribution in [0.25, 0.3) is 0 Å². The molecule has 1 amide bonds. The number of nitrogens with one attached hydrogen (secondary N) is 1. The minimum Gasteiger partial charge on any atom is -0.382 e. The van der Waals surface area contributed by atoms with Crippen LogP contribution in [0.5, 0.6) is 0 Å². The first kappa shape index (κ1) is 14.9. The molecule has 0 spiro atoms. The Labute approximate surface area is 121 Å². The lowest BCUT2D eigenvalue weighted by Crippen LogP contribution is -2.45. The van der Waals surface area contributed by atoms with Gasteiger partial charge in [-0.15, -0.1) is 0 Å². The zero-order valence-electron chi connectivity index (χ0n) is 12.6. The van der Waals surface area contributed by atoms with E-state index in [0.717, 1.165) is 17.7 Å². The molecule has 4 nitrogen and oxygen atoms in total. The minimum absolute atomic E-state index is 0.0931. The third kappa shape index (κ3) is 3.51. The van der Waals surface area contributed by atoms with Crippen LogP contribution in [-0.2, 0) is 4.74 Å². The molecule has 0 aromatic heterocycles. The van der Waals surface area contributed by atoms with Gasteiger partial charge in [-0.1, -0.05) is 19.1 Å². The van der Waals surface area contributed by atoms with Gasteiger partial charge in [0.25, 0.3) is 5.91 Å². The maximum atomic E-state index is 12.7. The Kier molecular flexibility index (Phi) is 5.01. The molecule has 1 aliphatic heterocycles. The van der Waals surface area contributed by atoms with Gasteiger partial charge in [0.05, 0.1) is 18.3 Å². The van der Waals surface area contributed by atoms with E-state index in [2.05, 4.69) is 26.1 Å². The predicted molar refractivity (Wildman–Crippen MR) is 81.1 cm³/mol. The number of rotatable bonds is 4. The number of anilines is 1. The van der Waals surface area contributed by atoms with Crippen molar-refractivity contribution in [3.63, 3.8) is 0 Å². The maximum absolute atomic E-state index is 12.7. The van der Waals surface area contributed by atoms with E-state index in [1.165, 1.54) is 0 Å². The van der Waals surface area contributed by atoms with E-state index in [1.807, 2.05) is 29.2 Å². The lowest BCUT2D eigenvalue weighted by Gasteiger charge is -2.33. The molecule has 1 aromatic carbocycles. The fourth-order valence-corrected chi connectivity index (χ4v) is 2.43. The molecule has 0 bridgehead atoms. The van der Waals surface area contributed by atoms with Crippen LogP contribution in [0.2, 0.25) is 0 Å². The number of hydrogen-bond donors (Lipinski definition) is 1. The third-order valence-electron chi connectivity index (χ3n) is 3.48. The summed E-state index contributed by atoms with van der Waals surface area (Å²) in [6.45, 7) is 8.22. The first-order valence-corrected chi connectivity index (χ1v) is 7.38. The van der Waals surface area contributed by atoms with Crippen molar-refractivity contribution in [3.8, 4) is 0 Å². The molecule has 20 heavy (non-hydrogen) atoms. The average molecular weight is 276 g/mol. The second-order valence-corrected chi connectivity index (χ2v) is 5.50. The summed E-state index contributed by atoms with van der Waals surface area (Å²) in [4.78, 5) is 14.6. The lowest BCUT2D eigenvalue weighted by atomic mass is 10.1. The summed E-state index contributed by atoms with van der Waals surface area (Å²) in [5, 5.41) is 3.34. The topological polar surface area (TPSA) is 41.6 Å². The van der Waals surface area contributed by atoms with E-state index >= 15 is 0 Å². The van der Waals surface area contributed by atoms with Gasteiger partial charge in [-0.25, -0.2) is 0 Å². The van der Waals surface area contributed by atoms with Crippen LogP contribution >= 0.6 is 0 Å². The molecule has 0 radical (unpaired) electrons. The molecule has 0 saturated carbocycles. The highest BCUT2D eigenvalue weighted by atomic mass is 16.5. The van der Waals surface area contributed by atoms with Gasteiger partial charge in [-0.2, -0.15) is 0 Å². The van der Waals surface area contributed by atoms with E-state index in [1.54, 1.807) is 0 Å². The number of carbonyl (C=O) groups excluding carboxylic acids is 1. The predicted octanol–water partition coefficient (Wildman–Crippen LogP) is 2.76. The number of morpholine rings is 1. The van der Waals surface area contributed by atoms with Crippen molar-refractivity contribution in [1.29, 1.82) is 0 Å². The number of amides is 1. The van der Waals surface area contributed by atoms with Crippen LogP contribution in [0, 0.1) is 0 Å². The molecule has 1 atom stereocenters. The van der Waals surface area contributed by atoms with Crippen LogP contribution < -0.4 is 5.32 Å². The van der Waals surface area contributed by atoms with Crippen molar-refractivity contribution in [2.75, 3.05) is 25.0 Å². The fourth-order valence-electron chi connectivity index (χ4n) is 2.43. The molecular formula is C16H24N2O2. The van der Waals surface area contributed by atoms with Crippen molar-refractivity contribution < 1.29 is 9.53 Å². The molecule has 110 valence electrons. The molecule has 1 aromatic rings. The number of nitrogens with zero attached hydrogens (tertiary/aromatic N) is 1. The number of hydrogen-bond acceptors (Lipinski definition) is 3. The normalized spacial score (nSPS) is 19.2. The summed E-state index contributed by atoms with van der Waals surface area (Å²) >= 11 is 0. The summed E-state index contributed by atoms with van der Waals surface area (Å²) in [6, 6.07) is 8.03. The average Bonchev–Trinajstić information content (AvgIpc) is 2.46. The van der Waals surface area contributed by atoms with Crippen LogP contribution in [0.3, 0.4) is 0 Å².